The van der Waals surface area contributed by atoms with E-state index in [-0.39, 0.29) is 24.0 Å². The number of carbonyl (C=O) groups is 1. The van der Waals surface area contributed by atoms with Gasteiger partial charge in [-0.05, 0) is 26.7 Å². The van der Waals surface area contributed by atoms with Gasteiger partial charge in [-0.25, -0.2) is 0 Å². The molecule has 1 fully saturated rings. The Hall–Kier alpha value is -0.610. The fraction of sp³-hybridized carbons (Fsp3) is 0.900. The first-order valence-electron chi connectivity index (χ1n) is 5.31. The van der Waals surface area contributed by atoms with Gasteiger partial charge in [-0.1, -0.05) is 0 Å². The van der Waals surface area contributed by atoms with Crippen molar-refractivity contribution in [2.24, 2.45) is 11.5 Å². The molecule has 0 radical (unpaired) electrons. The minimum absolute atomic E-state index is 0.0506. The van der Waals surface area contributed by atoms with Gasteiger partial charge < -0.3 is 16.4 Å². The Balaban J connectivity index is 2.47. The van der Waals surface area contributed by atoms with Gasteiger partial charge in [0, 0.05) is 31.1 Å². The van der Waals surface area contributed by atoms with Crippen LogP contribution in [0, 0.1) is 0 Å². The van der Waals surface area contributed by atoms with E-state index in [0.717, 1.165) is 19.4 Å². The molecule has 3 atom stereocenters. The lowest BCUT2D eigenvalue weighted by Crippen LogP contribution is -2.49. The van der Waals surface area contributed by atoms with E-state index >= 15 is 0 Å². The van der Waals surface area contributed by atoms with Crippen LogP contribution in [-0.2, 0) is 4.79 Å². The average molecular weight is 199 g/mol. The number of rotatable bonds is 2. The number of likely N-dealkylation sites (tertiary alicyclic amines) is 1. The van der Waals surface area contributed by atoms with Crippen LogP contribution < -0.4 is 11.5 Å². The van der Waals surface area contributed by atoms with Gasteiger partial charge in [0.2, 0.25) is 5.91 Å². The molecule has 82 valence electrons. The number of piperidine rings is 1. The molecule has 0 spiro atoms. The number of hydrogen-bond acceptors (Lipinski definition) is 3. The highest BCUT2D eigenvalue weighted by atomic mass is 16.2. The molecule has 0 aliphatic carbocycles. The van der Waals surface area contributed by atoms with Crippen molar-refractivity contribution in [3.05, 3.63) is 0 Å². The molecule has 1 aliphatic heterocycles. The molecular weight excluding hydrogens is 178 g/mol. The lowest BCUT2D eigenvalue weighted by atomic mass is 9.98. The molecule has 1 heterocycles. The molecule has 0 aromatic carbocycles. The van der Waals surface area contributed by atoms with Gasteiger partial charge in [-0.2, -0.15) is 0 Å². The third-order valence-corrected chi connectivity index (χ3v) is 2.73. The summed E-state index contributed by atoms with van der Waals surface area (Å²) in [7, 11) is 0. The van der Waals surface area contributed by atoms with Crippen molar-refractivity contribution in [3.8, 4) is 0 Å². The average Bonchev–Trinajstić information content (AvgIpc) is 2.01. The Bertz CT molecular complexity index is 206. The van der Waals surface area contributed by atoms with Crippen LogP contribution in [0.3, 0.4) is 0 Å². The predicted octanol–water partition coefficient (Wildman–Crippen LogP) is 0.0619. The molecule has 0 aromatic heterocycles. The highest BCUT2D eigenvalue weighted by Crippen LogP contribution is 2.16. The second-order valence-electron chi connectivity index (χ2n) is 4.40. The molecule has 0 bridgehead atoms. The fourth-order valence-corrected chi connectivity index (χ4v) is 1.97. The summed E-state index contributed by atoms with van der Waals surface area (Å²) in [6, 6.07) is 0.472. The second-order valence-corrected chi connectivity index (χ2v) is 4.40. The first-order chi connectivity index (χ1) is 6.50. The van der Waals surface area contributed by atoms with Crippen LogP contribution in [0.1, 0.15) is 33.1 Å². The minimum atomic E-state index is -0.0506. The van der Waals surface area contributed by atoms with Crippen LogP contribution in [0.25, 0.3) is 0 Å². The summed E-state index contributed by atoms with van der Waals surface area (Å²) in [5, 5.41) is 0. The molecule has 1 aliphatic rings. The molecule has 4 N–H and O–H groups in total. The molecule has 3 unspecified atom stereocenters. The Morgan fingerprint density at radius 2 is 2.29 bits per heavy atom. The molecule has 4 nitrogen and oxygen atoms in total. The zero-order valence-corrected chi connectivity index (χ0v) is 9.07. The molecular formula is C10H21N3O. The van der Waals surface area contributed by atoms with Crippen LogP contribution in [-0.4, -0.2) is 35.5 Å². The van der Waals surface area contributed by atoms with E-state index in [1.807, 2.05) is 11.8 Å². The molecule has 0 aromatic rings. The fourth-order valence-electron chi connectivity index (χ4n) is 1.97. The maximum atomic E-state index is 11.7. The number of carbonyl (C=O) groups excluding carboxylic acids is 1. The van der Waals surface area contributed by atoms with Crippen molar-refractivity contribution >= 4 is 5.91 Å². The second kappa shape index (κ2) is 4.75. The minimum Gasteiger partial charge on any atom is -0.340 e. The molecule has 14 heavy (non-hydrogen) atoms. The first-order valence-corrected chi connectivity index (χ1v) is 5.31. The van der Waals surface area contributed by atoms with E-state index in [2.05, 4.69) is 6.92 Å². The monoisotopic (exact) mass is 199 g/mol. The number of hydrogen-bond donors (Lipinski definition) is 2. The van der Waals surface area contributed by atoms with E-state index in [1.165, 1.54) is 0 Å². The van der Waals surface area contributed by atoms with Gasteiger partial charge in [0.05, 0.1) is 0 Å². The third-order valence-electron chi connectivity index (χ3n) is 2.73. The van der Waals surface area contributed by atoms with Gasteiger partial charge in [0.15, 0.2) is 0 Å². The normalized spacial score (nSPS) is 30.1. The van der Waals surface area contributed by atoms with E-state index < -0.39 is 0 Å². The summed E-state index contributed by atoms with van der Waals surface area (Å²) in [5.41, 5.74) is 11.4. The third kappa shape index (κ3) is 2.96. The van der Waals surface area contributed by atoms with Crippen molar-refractivity contribution < 1.29 is 4.79 Å². The van der Waals surface area contributed by atoms with Crippen LogP contribution in [0.4, 0.5) is 0 Å². The zero-order chi connectivity index (χ0) is 10.7. The smallest absolute Gasteiger partial charge is 0.224 e. The largest absolute Gasteiger partial charge is 0.340 e. The van der Waals surface area contributed by atoms with Crippen LogP contribution in [0.5, 0.6) is 0 Å². The number of nitrogens with two attached hydrogens (primary N) is 2. The highest BCUT2D eigenvalue weighted by molar-refractivity contribution is 5.77. The van der Waals surface area contributed by atoms with E-state index in [1.54, 1.807) is 0 Å². The van der Waals surface area contributed by atoms with Gasteiger partial charge in [-0.3, -0.25) is 4.79 Å². The predicted molar refractivity (Wildman–Crippen MR) is 56.7 cm³/mol. The highest BCUT2D eigenvalue weighted by Gasteiger charge is 2.26. The van der Waals surface area contributed by atoms with Crippen molar-refractivity contribution in [3.63, 3.8) is 0 Å². The van der Waals surface area contributed by atoms with Crippen LogP contribution in [0.2, 0.25) is 0 Å². The first kappa shape index (κ1) is 11.5. The standard InChI is InChI=1S/C10H21N3O/c1-7(11)5-10(14)13-4-3-9(12)6-8(13)2/h7-9H,3-6,11-12H2,1-2H3. The molecule has 4 heteroatoms. The zero-order valence-electron chi connectivity index (χ0n) is 9.07. The van der Waals surface area contributed by atoms with Gasteiger partial charge in [0.1, 0.15) is 0 Å². The van der Waals surface area contributed by atoms with Gasteiger partial charge in [-0.15, -0.1) is 0 Å². The Morgan fingerprint density at radius 3 is 2.79 bits per heavy atom. The summed E-state index contributed by atoms with van der Waals surface area (Å²) in [6.07, 6.45) is 2.26. The van der Waals surface area contributed by atoms with E-state index in [0.29, 0.717) is 6.42 Å². The summed E-state index contributed by atoms with van der Waals surface area (Å²) in [4.78, 5) is 13.6. The molecule has 1 amide bonds. The van der Waals surface area contributed by atoms with Crippen molar-refractivity contribution in [2.45, 2.75) is 51.2 Å². The topological polar surface area (TPSA) is 72.4 Å². The van der Waals surface area contributed by atoms with Crippen molar-refractivity contribution in [1.29, 1.82) is 0 Å². The SMILES string of the molecule is CC(N)CC(=O)N1CCC(N)CC1C. The van der Waals surface area contributed by atoms with Gasteiger partial charge in [0.25, 0.3) is 0 Å². The van der Waals surface area contributed by atoms with Crippen LogP contribution in [0.15, 0.2) is 0 Å². The Kier molecular flexibility index (Phi) is 3.89. The van der Waals surface area contributed by atoms with E-state index in [4.69, 9.17) is 11.5 Å². The van der Waals surface area contributed by atoms with Crippen molar-refractivity contribution in [2.75, 3.05) is 6.54 Å². The summed E-state index contributed by atoms with van der Waals surface area (Å²) in [5.74, 6) is 0.166. The summed E-state index contributed by atoms with van der Waals surface area (Å²) in [6.45, 7) is 4.70. The van der Waals surface area contributed by atoms with Crippen LogP contribution >= 0.6 is 0 Å². The molecule has 1 saturated heterocycles. The van der Waals surface area contributed by atoms with Gasteiger partial charge >= 0.3 is 0 Å². The lowest BCUT2D eigenvalue weighted by molar-refractivity contribution is -0.134. The summed E-state index contributed by atoms with van der Waals surface area (Å²) >= 11 is 0. The lowest BCUT2D eigenvalue weighted by Gasteiger charge is -2.36. The van der Waals surface area contributed by atoms with E-state index in [9.17, 15) is 4.79 Å². The maximum absolute atomic E-state index is 11.7. The Labute approximate surface area is 85.6 Å². The van der Waals surface area contributed by atoms with Crippen molar-refractivity contribution in [1.82, 2.24) is 4.90 Å². The maximum Gasteiger partial charge on any atom is 0.224 e. The number of nitrogens with zero attached hydrogens (tertiary/aromatic N) is 1. The number of amides is 1. The molecule has 0 saturated carbocycles. The Morgan fingerprint density at radius 1 is 1.64 bits per heavy atom. The molecule has 1 rings (SSSR count). The summed E-state index contributed by atoms with van der Waals surface area (Å²) < 4.78 is 0. The quantitative estimate of drug-likeness (QED) is 0.660.